The van der Waals surface area contributed by atoms with Crippen molar-refractivity contribution in [2.45, 2.75) is 22.9 Å². The van der Waals surface area contributed by atoms with Crippen LogP contribution in [0.25, 0.3) is 11.1 Å². The highest BCUT2D eigenvalue weighted by Crippen LogP contribution is 2.39. The summed E-state index contributed by atoms with van der Waals surface area (Å²) < 4.78 is 33.0. The molecule has 3 aliphatic rings. The third kappa shape index (κ3) is 3.21. The van der Waals surface area contributed by atoms with E-state index in [1.165, 1.54) is 5.56 Å². The van der Waals surface area contributed by atoms with Crippen molar-refractivity contribution in [1.29, 1.82) is 0 Å². The molecule has 0 aliphatic carbocycles. The van der Waals surface area contributed by atoms with Gasteiger partial charge in [0.05, 0.1) is 12.0 Å². The molecule has 3 aliphatic heterocycles. The minimum absolute atomic E-state index is 0.138. The normalized spacial score (nSPS) is 23.6. The van der Waals surface area contributed by atoms with Crippen LogP contribution in [0.3, 0.4) is 0 Å². The van der Waals surface area contributed by atoms with Gasteiger partial charge in [-0.25, -0.2) is 8.42 Å². The van der Waals surface area contributed by atoms with E-state index in [4.69, 9.17) is 4.74 Å². The Balaban J connectivity index is 1.34. The molecule has 1 N–H and O–H groups in total. The van der Waals surface area contributed by atoms with E-state index >= 15 is 0 Å². The van der Waals surface area contributed by atoms with Crippen LogP contribution in [0.1, 0.15) is 11.5 Å². The summed E-state index contributed by atoms with van der Waals surface area (Å²) in [4.78, 5) is 0.365. The van der Waals surface area contributed by atoms with Crippen LogP contribution < -0.4 is 10.1 Å². The number of nitrogens with zero attached hydrogens (tertiary/aromatic N) is 1. The van der Waals surface area contributed by atoms with Crippen LogP contribution in [0.15, 0.2) is 83.8 Å². The lowest BCUT2D eigenvalue weighted by Gasteiger charge is -2.54. The number of para-hydroxylation sites is 1. The molecule has 1 unspecified atom stereocenters. The number of hydrogen-bond donors (Lipinski definition) is 1. The molecular weight excluding hydrogens is 396 g/mol. The fourth-order valence-corrected chi connectivity index (χ4v) is 6.17. The first-order valence-electron chi connectivity index (χ1n) is 10.1. The van der Waals surface area contributed by atoms with Gasteiger partial charge in [0.1, 0.15) is 5.75 Å². The predicted molar refractivity (Wildman–Crippen MR) is 117 cm³/mol. The van der Waals surface area contributed by atoms with E-state index in [9.17, 15) is 8.42 Å². The number of nitrogens with one attached hydrogen (secondary N) is 1. The Morgan fingerprint density at radius 2 is 1.50 bits per heavy atom. The molecule has 3 aromatic carbocycles. The smallest absolute Gasteiger partial charge is 0.243 e. The van der Waals surface area contributed by atoms with Gasteiger partial charge >= 0.3 is 0 Å². The van der Waals surface area contributed by atoms with E-state index in [1.54, 1.807) is 35.7 Å². The summed E-state index contributed by atoms with van der Waals surface area (Å²) in [6.45, 7) is 0.985. The number of sulfonamides is 1. The van der Waals surface area contributed by atoms with Gasteiger partial charge < -0.3 is 10.1 Å². The molecule has 5 nitrogen and oxygen atoms in total. The highest BCUT2D eigenvalue weighted by atomic mass is 32.2. The fraction of sp³-hybridized carbons (Fsp3) is 0.250. The van der Waals surface area contributed by atoms with Crippen LogP contribution in [0, 0.1) is 0 Å². The molecule has 0 spiro atoms. The highest BCUT2D eigenvalue weighted by molar-refractivity contribution is 7.89. The van der Waals surface area contributed by atoms with Gasteiger partial charge in [0.2, 0.25) is 10.0 Å². The second-order valence-corrected chi connectivity index (χ2v) is 9.80. The van der Waals surface area contributed by atoms with Crippen LogP contribution in [0.2, 0.25) is 0 Å². The van der Waals surface area contributed by atoms with Crippen LogP contribution in [-0.4, -0.2) is 45.0 Å². The van der Waals surface area contributed by atoms with E-state index in [2.05, 4.69) is 35.6 Å². The summed E-state index contributed by atoms with van der Waals surface area (Å²) in [5, 5.41) is 3.52. The van der Waals surface area contributed by atoms with E-state index < -0.39 is 10.0 Å². The van der Waals surface area contributed by atoms with Crippen molar-refractivity contribution in [1.82, 2.24) is 9.62 Å². The lowest BCUT2D eigenvalue weighted by Crippen LogP contribution is -2.72. The van der Waals surface area contributed by atoms with Gasteiger partial charge in [0, 0.05) is 36.7 Å². The molecule has 0 radical (unpaired) electrons. The second-order valence-electron chi connectivity index (χ2n) is 7.86. The summed E-state index contributed by atoms with van der Waals surface area (Å²) >= 11 is 0. The molecule has 3 heterocycles. The van der Waals surface area contributed by atoms with Gasteiger partial charge in [0.15, 0.2) is 0 Å². The molecule has 30 heavy (non-hydrogen) atoms. The number of piperidine rings is 1. The molecule has 0 amide bonds. The molecule has 3 fully saturated rings. The summed E-state index contributed by atoms with van der Waals surface area (Å²) in [5.74, 6) is 1.19. The van der Waals surface area contributed by atoms with Gasteiger partial charge in [-0.1, -0.05) is 60.7 Å². The Bertz CT molecular complexity index is 1130. The van der Waals surface area contributed by atoms with Gasteiger partial charge in [-0.3, -0.25) is 0 Å². The molecule has 3 saturated heterocycles. The zero-order valence-electron chi connectivity index (χ0n) is 16.7. The summed E-state index contributed by atoms with van der Waals surface area (Å²) in [6, 6.07) is 25.5. The van der Waals surface area contributed by atoms with Gasteiger partial charge in [-0.15, -0.1) is 0 Å². The first kappa shape index (κ1) is 19.3. The fourth-order valence-electron chi connectivity index (χ4n) is 4.66. The van der Waals surface area contributed by atoms with Gasteiger partial charge in [-0.05, 0) is 29.3 Å². The minimum Gasteiger partial charge on any atom is -0.496 e. The zero-order valence-corrected chi connectivity index (χ0v) is 17.5. The van der Waals surface area contributed by atoms with E-state index in [0.29, 0.717) is 23.9 Å². The number of methoxy groups -OCH3 is 1. The third-order valence-electron chi connectivity index (χ3n) is 6.19. The highest BCUT2D eigenvalue weighted by Gasteiger charge is 2.49. The number of piperazine rings is 1. The maximum absolute atomic E-state index is 12.9. The Morgan fingerprint density at radius 3 is 2.17 bits per heavy atom. The topological polar surface area (TPSA) is 58.6 Å². The van der Waals surface area contributed by atoms with Crippen LogP contribution in [-0.2, 0) is 10.0 Å². The molecule has 2 bridgehead atoms. The molecule has 154 valence electrons. The monoisotopic (exact) mass is 420 g/mol. The van der Waals surface area contributed by atoms with Crippen molar-refractivity contribution < 1.29 is 13.2 Å². The van der Waals surface area contributed by atoms with Crippen molar-refractivity contribution in [3.8, 4) is 16.9 Å². The number of benzene rings is 3. The largest absolute Gasteiger partial charge is 0.496 e. The first-order valence-corrected chi connectivity index (χ1v) is 11.6. The van der Waals surface area contributed by atoms with Crippen molar-refractivity contribution in [2.24, 2.45) is 0 Å². The number of ether oxygens (including phenoxy) is 1. The molecule has 0 saturated carbocycles. The van der Waals surface area contributed by atoms with Crippen LogP contribution in [0.4, 0.5) is 0 Å². The van der Waals surface area contributed by atoms with E-state index in [0.717, 1.165) is 16.9 Å². The Labute approximate surface area is 177 Å². The van der Waals surface area contributed by atoms with Crippen LogP contribution >= 0.6 is 0 Å². The van der Waals surface area contributed by atoms with Crippen molar-refractivity contribution in [2.75, 3.05) is 20.2 Å². The number of fused-ring (bicyclic) bond motifs is 2. The first-order chi connectivity index (χ1) is 14.6. The second kappa shape index (κ2) is 7.54. The maximum Gasteiger partial charge on any atom is 0.243 e. The molecule has 6 heteroatoms. The summed E-state index contributed by atoms with van der Waals surface area (Å²) in [6.07, 6.45) is 0. The lowest BCUT2D eigenvalue weighted by atomic mass is 9.75. The van der Waals surface area contributed by atoms with Crippen molar-refractivity contribution in [3.05, 3.63) is 84.4 Å². The third-order valence-corrected chi connectivity index (χ3v) is 8.04. The molecule has 3 atom stereocenters. The lowest BCUT2D eigenvalue weighted by molar-refractivity contribution is 0.102. The Hall–Kier alpha value is -2.67. The Morgan fingerprint density at radius 1 is 0.867 bits per heavy atom. The summed E-state index contributed by atoms with van der Waals surface area (Å²) in [7, 11) is -1.76. The number of hydrogen-bond acceptors (Lipinski definition) is 4. The predicted octanol–water partition coefficient (Wildman–Crippen LogP) is 3.49. The maximum atomic E-state index is 12.9. The van der Waals surface area contributed by atoms with Gasteiger partial charge in [0.25, 0.3) is 0 Å². The Kier molecular flexibility index (Phi) is 4.85. The quantitative estimate of drug-likeness (QED) is 0.687. The van der Waals surface area contributed by atoms with Crippen molar-refractivity contribution in [3.63, 3.8) is 0 Å². The standard InChI is InChI=1S/C24H24N2O3S/c1-29-23-10-6-5-9-20(23)17-11-13-18(14-12-17)24-21-15-26(16-22(24)25-21)30(27,28)19-7-3-2-4-8-19/h2-14,21-22,24-25H,15-16H2,1H3/t21-,22+,24?. The average molecular weight is 421 g/mol. The van der Waals surface area contributed by atoms with Gasteiger partial charge in [-0.2, -0.15) is 4.31 Å². The summed E-state index contributed by atoms with van der Waals surface area (Å²) in [5.41, 5.74) is 3.43. The van der Waals surface area contributed by atoms with E-state index in [-0.39, 0.29) is 12.1 Å². The van der Waals surface area contributed by atoms with Crippen LogP contribution in [0.5, 0.6) is 5.75 Å². The average Bonchev–Trinajstić information content (AvgIpc) is 2.80. The zero-order chi connectivity index (χ0) is 20.7. The molecule has 0 aromatic heterocycles. The molecular formula is C24H24N2O3S. The molecule has 6 rings (SSSR count). The minimum atomic E-state index is -3.44. The van der Waals surface area contributed by atoms with Crippen molar-refractivity contribution >= 4 is 10.0 Å². The number of rotatable bonds is 5. The van der Waals surface area contributed by atoms with E-state index in [1.807, 2.05) is 24.3 Å². The molecule has 3 aromatic rings. The SMILES string of the molecule is COc1ccccc1-c1ccc(C2[C@@H]3CN(S(=O)(=O)c4ccccc4)C[C@H]2N3)cc1.